The molecule has 2 unspecified atom stereocenters. The number of aliphatic carboxylic acids is 1. The van der Waals surface area contributed by atoms with E-state index in [1.807, 2.05) is 18.5 Å². The molecule has 125 heavy (non-hydrogen) atoms. The number of unbranched alkanes of at least 4 members (excludes halogenated alkanes) is 2. The van der Waals surface area contributed by atoms with Crippen molar-refractivity contribution in [3.8, 4) is 0 Å². The molecule has 686 valence electrons. The maximum absolute atomic E-state index is 15.5. The number of imidazole rings is 1. The van der Waals surface area contributed by atoms with Crippen LogP contribution in [0.4, 0.5) is 4.79 Å². The summed E-state index contributed by atoms with van der Waals surface area (Å²) in [5.74, 6) is -12.4. The van der Waals surface area contributed by atoms with Crippen molar-refractivity contribution in [1.29, 1.82) is 10.8 Å². The number of likely N-dealkylation sites (tertiary alicyclic amines) is 1. The van der Waals surface area contributed by atoms with E-state index in [2.05, 4.69) is 94.7 Å². The molecule has 22 N–H and O–H groups in total. The number of amides is 14. The molecule has 9 rings (SSSR count). The Labute approximate surface area is 733 Å². The number of nitrogens with zero attached hydrogens (tertiary/aromatic N) is 6. The number of fused-ring (bicyclic) bond motifs is 3. The number of hydrogen-bond donors (Lipinski definition) is 20. The number of aromatic amines is 1. The number of nitrogens with two attached hydrogens (primary N) is 2. The average Bonchev–Trinajstić information content (AvgIpc) is 1.61. The number of ether oxygens (including phenoxy) is 1. The van der Waals surface area contributed by atoms with Crippen LogP contribution in [-0.2, 0) is 104 Å². The lowest BCUT2D eigenvalue weighted by Crippen LogP contribution is -2.61. The molecule has 42 nitrogen and oxygen atoms in total. The zero-order valence-electron chi connectivity index (χ0n) is 71.2. The molecule has 3 aromatic rings. The highest BCUT2D eigenvalue weighted by Gasteiger charge is 2.51. The van der Waals surface area contributed by atoms with Gasteiger partial charge in [-0.05, 0) is 152 Å². The van der Waals surface area contributed by atoms with Gasteiger partial charge in [0.1, 0.15) is 72.5 Å². The fraction of sp³-hybridized carbons (Fsp3) is 0.654. The van der Waals surface area contributed by atoms with Crippen LogP contribution >= 0.6 is 21.6 Å². The van der Waals surface area contributed by atoms with Crippen LogP contribution in [0.1, 0.15) is 172 Å². The number of carbonyl (C=O) groups is 15. The summed E-state index contributed by atoms with van der Waals surface area (Å²) in [7, 11) is 1.81. The third kappa shape index (κ3) is 29.9. The van der Waals surface area contributed by atoms with Crippen LogP contribution in [-0.4, -0.2) is 271 Å². The molecule has 2 aliphatic carbocycles. The van der Waals surface area contributed by atoms with Gasteiger partial charge in [0, 0.05) is 76.2 Å². The van der Waals surface area contributed by atoms with E-state index in [0.717, 1.165) is 65.2 Å². The number of aryl methyl sites for hydroxylation is 2. The number of carboxylic acids is 1. The summed E-state index contributed by atoms with van der Waals surface area (Å²) in [4.78, 5) is 225. The molecule has 0 bridgehead atoms. The molecule has 4 saturated heterocycles. The van der Waals surface area contributed by atoms with E-state index < -0.39 is 168 Å². The van der Waals surface area contributed by atoms with Crippen molar-refractivity contribution in [3.63, 3.8) is 0 Å². The van der Waals surface area contributed by atoms with Gasteiger partial charge in [0.2, 0.25) is 76.8 Å². The second-order valence-electron chi connectivity index (χ2n) is 32.8. The van der Waals surface area contributed by atoms with Crippen molar-refractivity contribution < 1.29 is 81.8 Å². The molecule has 2 aromatic heterocycles. The fourth-order valence-electron chi connectivity index (χ4n) is 16.4. The van der Waals surface area contributed by atoms with Gasteiger partial charge < -0.3 is 111 Å². The van der Waals surface area contributed by atoms with Crippen molar-refractivity contribution in [2.75, 3.05) is 57.4 Å². The van der Waals surface area contributed by atoms with Gasteiger partial charge in [-0.15, -0.1) is 5.10 Å². The molecule has 6 aliphatic rings. The normalized spacial score (nSPS) is 23.7. The summed E-state index contributed by atoms with van der Waals surface area (Å²) >= 11 is 0. The van der Waals surface area contributed by atoms with Gasteiger partial charge in [-0.3, -0.25) is 73.1 Å². The molecule has 15 atom stereocenters. The van der Waals surface area contributed by atoms with Crippen LogP contribution < -0.4 is 85.9 Å². The Bertz CT molecular complexity index is 4260. The van der Waals surface area contributed by atoms with Crippen LogP contribution in [0.2, 0.25) is 0 Å². The molecule has 1 saturated carbocycles. The molecule has 1 aromatic carbocycles. The number of aromatic nitrogens is 5. The highest BCUT2D eigenvalue weighted by atomic mass is 33.1. The molecule has 5 fully saturated rings. The Balaban J connectivity index is 0.979. The number of guanidine groups is 2. The zero-order valence-corrected chi connectivity index (χ0v) is 72.9. The number of H-pyrrole nitrogens is 1. The summed E-state index contributed by atoms with van der Waals surface area (Å²) < 4.78 is 7.67. The van der Waals surface area contributed by atoms with Gasteiger partial charge in [0.25, 0.3) is 0 Å². The predicted molar refractivity (Wildman–Crippen MR) is 459 cm³/mol. The minimum Gasteiger partial charge on any atom is -0.480 e. The van der Waals surface area contributed by atoms with Crippen molar-refractivity contribution >= 4 is 122 Å². The van der Waals surface area contributed by atoms with E-state index in [1.165, 1.54) is 22.3 Å². The Hall–Kier alpha value is -11.3. The van der Waals surface area contributed by atoms with Gasteiger partial charge in [-0.2, -0.15) is 0 Å². The van der Waals surface area contributed by atoms with E-state index in [-0.39, 0.29) is 177 Å². The summed E-state index contributed by atoms with van der Waals surface area (Å²) in [6.07, 6.45) is 7.87. The third-order valence-electron chi connectivity index (χ3n) is 23.2. The number of hydrogen-bond acceptors (Lipinski definition) is 23. The number of benzene rings is 1. The Morgan fingerprint density at radius 2 is 1.30 bits per heavy atom. The van der Waals surface area contributed by atoms with Crippen LogP contribution in [0, 0.1) is 34.5 Å². The Kier molecular flexibility index (Phi) is 38.0. The summed E-state index contributed by atoms with van der Waals surface area (Å²) in [5.41, 5.74) is 14.1. The summed E-state index contributed by atoms with van der Waals surface area (Å²) in [6, 6.07) is -8.04. The van der Waals surface area contributed by atoms with E-state index in [0.29, 0.717) is 43.1 Å². The molecular weight excluding hydrogens is 1660 g/mol. The third-order valence-corrected chi connectivity index (χ3v) is 25.6. The lowest BCUT2D eigenvalue weighted by atomic mass is 10.0. The quantitative estimate of drug-likeness (QED) is 0.0130. The maximum Gasteiger partial charge on any atom is 0.407 e. The largest absolute Gasteiger partial charge is 0.480 e. The first kappa shape index (κ1) is 97.5. The lowest BCUT2D eigenvalue weighted by molar-refractivity contribution is -0.142. The fourth-order valence-corrected chi connectivity index (χ4v) is 18.7. The summed E-state index contributed by atoms with van der Waals surface area (Å²) in [6.45, 7) is 8.12. The molecule has 0 radical (unpaired) electrons. The van der Waals surface area contributed by atoms with Crippen LogP contribution in [0.25, 0.3) is 0 Å². The number of carboxylic acid groups (broad SMARTS) is 1. The van der Waals surface area contributed by atoms with Crippen molar-refractivity contribution in [2.45, 2.75) is 254 Å². The Morgan fingerprint density at radius 3 is 1.98 bits per heavy atom. The second-order valence-corrected chi connectivity index (χ2v) is 35.4. The van der Waals surface area contributed by atoms with Gasteiger partial charge >= 0.3 is 12.1 Å². The molecular formula is C81H123N25O17S2. The van der Waals surface area contributed by atoms with Crippen LogP contribution in [0.5, 0.6) is 0 Å². The topological polar surface area (TPSA) is 620 Å². The molecule has 4 aliphatic heterocycles. The molecule has 0 spiro atoms. The minimum atomic E-state index is -1.69. The summed E-state index contributed by atoms with van der Waals surface area (Å²) in [5, 5.41) is 72.5. The monoisotopic (exact) mass is 1780 g/mol. The number of alkyl carbamates (subject to hydrolysis) is 1. The minimum absolute atomic E-state index is 0.0299. The smallest absolute Gasteiger partial charge is 0.407 e. The molecule has 6 heterocycles. The highest BCUT2D eigenvalue weighted by Crippen LogP contribution is 2.53. The zero-order chi connectivity index (χ0) is 90.2. The standard InChI is InChI=1S/C81H123N25O17S2/c1-5-7-19-53-69(111)100-61(74(116)99-59(78(120)121)37-46-17-9-8-10-18-46)43-125-124-42-60(101-71(113)57(36-45(3)4)97-68(110)54(21-13-32-87-79(82)83)95-76(118)64-24-16-35-105(64)77(119)56(22-14-33-88-80(84)85)96-70(112)55-28-30-65(107)92-55)73(115)98-58(38-47-39-86-44-91-47)72(114)93-52(67(109)90-40-66(108)104-34-15-23-63(104)75(117)94-53)20-11-12-31-89-81(122)123-41-50-48-25-27-51-62(29-26-49(48)50)106(6-2)103-102-51/h8-10,17-18,39,44-45,48-50,52-61,63-64H,5-7,11-16,19-38,40-43H2,1-4H3,(H,86,91)(H,89,122)(H,90,109)(H,92,107)(H,93,114)(H,94,117)(H,95,118)(H,96,112)(H,97,110)(H,98,115)(H,99,116)(H,100,111)(H,101,113)(H,120,121)(H4,82,83,87)(H4,84,85,88)/t48?,49?,50-,52-,53-,54-,55-,56-,57-,58-,59-,60-,61-,63-,64-/m0/s1. The van der Waals surface area contributed by atoms with Crippen molar-refractivity contribution in [3.05, 3.63) is 65.5 Å². The molecule has 44 heteroatoms. The Morgan fingerprint density at radius 1 is 0.648 bits per heavy atom. The maximum atomic E-state index is 15.5. The van der Waals surface area contributed by atoms with Gasteiger partial charge in [0.05, 0.1) is 36.6 Å². The van der Waals surface area contributed by atoms with E-state index in [9.17, 15) is 57.8 Å². The first-order chi connectivity index (χ1) is 60.0. The average molecular weight is 1780 g/mol. The van der Waals surface area contributed by atoms with Gasteiger partial charge in [0.15, 0.2) is 11.9 Å². The van der Waals surface area contributed by atoms with E-state index in [4.69, 9.17) is 27.0 Å². The van der Waals surface area contributed by atoms with Crippen LogP contribution in [0.3, 0.4) is 0 Å². The first-order valence-corrected chi connectivity index (χ1v) is 45.8. The second kappa shape index (κ2) is 48.8. The predicted octanol–water partition coefficient (Wildman–Crippen LogP) is -1.87. The van der Waals surface area contributed by atoms with Crippen LogP contribution in [0.15, 0.2) is 42.9 Å². The SMILES string of the molecule is CCCC[C@@H]1NC(=O)[C@@H]2CCCN2C(=O)CNC(=O)[C@H](CCCCNC(=O)OC[C@H]2C3CCc4nnn(CC)c4CCC32)NC(=O)[C@H](Cc2c[nH]cn2)NC(=O)[C@@H](NC(=O)[C@H](CC(C)C)NC(=O)[C@H](CCCNC(=N)N)NC(=O)[C@@H]2CCCN2C(=O)[C@H](CCCNC(=N)N)NC(=O)[C@@H]2CCC(=O)N2)CSSC[C@@H](C(=O)N[C@@H](Cc2ccccc2)C(=O)O)NC1=O. The van der Waals surface area contributed by atoms with Crippen molar-refractivity contribution in [1.82, 2.24) is 109 Å². The van der Waals surface area contributed by atoms with Gasteiger partial charge in [-0.25, -0.2) is 19.3 Å². The van der Waals surface area contributed by atoms with Gasteiger partial charge in [-0.1, -0.05) is 90.7 Å². The molecule has 14 amide bonds. The number of rotatable bonds is 37. The number of nitrogens with one attached hydrogen (secondary N) is 17. The highest BCUT2D eigenvalue weighted by molar-refractivity contribution is 8.76. The van der Waals surface area contributed by atoms with Crippen molar-refractivity contribution in [2.24, 2.45) is 35.1 Å². The van der Waals surface area contributed by atoms with E-state index >= 15 is 19.2 Å². The van der Waals surface area contributed by atoms with E-state index in [1.54, 1.807) is 44.2 Å². The number of carbonyl (C=O) groups excluding carboxylic acids is 14. The first-order valence-electron chi connectivity index (χ1n) is 43.4. The lowest BCUT2D eigenvalue weighted by Gasteiger charge is -2.31.